The quantitative estimate of drug-likeness (QED) is 0.658. The SMILES string of the molecule is O=c1cccnn1-c1ccc(N[C@H]2CC[C@H](Nc3noc(C4CCC4)n3)C2)nc1. The Kier molecular flexibility index (Phi) is 4.71. The van der Waals surface area contributed by atoms with E-state index in [1.165, 1.54) is 17.2 Å². The number of pyridine rings is 1. The van der Waals surface area contributed by atoms with Crippen molar-refractivity contribution in [3.05, 3.63) is 52.9 Å². The number of anilines is 2. The molecular weight excluding hydrogens is 370 g/mol. The highest BCUT2D eigenvalue weighted by Crippen LogP contribution is 2.35. The summed E-state index contributed by atoms with van der Waals surface area (Å²) in [7, 11) is 0. The van der Waals surface area contributed by atoms with Gasteiger partial charge in [-0.1, -0.05) is 6.42 Å². The van der Waals surface area contributed by atoms with Crippen LogP contribution in [-0.4, -0.2) is 37.0 Å². The lowest BCUT2D eigenvalue weighted by molar-refractivity contribution is 0.292. The van der Waals surface area contributed by atoms with Crippen molar-refractivity contribution in [1.29, 1.82) is 0 Å². The molecule has 150 valence electrons. The third-order valence-corrected chi connectivity index (χ3v) is 5.72. The molecule has 0 bridgehead atoms. The van der Waals surface area contributed by atoms with Crippen molar-refractivity contribution in [2.45, 2.75) is 56.5 Å². The minimum absolute atomic E-state index is 0.179. The summed E-state index contributed by atoms with van der Waals surface area (Å²) in [5.41, 5.74) is 0.466. The van der Waals surface area contributed by atoms with E-state index >= 15 is 0 Å². The smallest absolute Gasteiger partial charge is 0.271 e. The fraction of sp³-hybridized carbons (Fsp3) is 0.450. The highest BCUT2D eigenvalue weighted by molar-refractivity contribution is 5.41. The Bertz CT molecular complexity index is 1030. The molecular formula is C20H23N7O2. The molecule has 0 radical (unpaired) electrons. The number of rotatable bonds is 6. The molecule has 5 rings (SSSR count). The molecule has 0 amide bonds. The maximum absolute atomic E-state index is 11.9. The normalized spacial score (nSPS) is 21.7. The van der Waals surface area contributed by atoms with Crippen LogP contribution in [0.15, 0.2) is 46.0 Å². The lowest BCUT2D eigenvalue weighted by Gasteiger charge is -2.20. The van der Waals surface area contributed by atoms with Crippen molar-refractivity contribution in [3.63, 3.8) is 0 Å². The van der Waals surface area contributed by atoms with Gasteiger partial charge in [0.05, 0.1) is 11.9 Å². The molecule has 2 atom stereocenters. The summed E-state index contributed by atoms with van der Waals surface area (Å²) < 4.78 is 6.71. The van der Waals surface area contributed by atoms with Gasteiger partial charge in [-0.25, -0.2) is 4.98 Å². The van der Waals surface area contributed by atoms with Gasteiger partial charge in [0.2, 0.25) is 5.89 Å². The van der Waals surface area contributed by atoms with E-state index < -0.39 is 0 Å². The maximum Gasteiger partial charge on any atom is 0.271 e. The number of hydrogen-bond donors (Lipinski definition) is 2. The van der Waals surface area contributed by atoms with Crippen molar-refractivity contribution in [3.8, 4) is 5.69 Å². The van der Waals surface area contributed by atoms with Crippen molar-refractivity contribution < 1.29 is 4.52 Å². The number of hydrogen-bond acceptors (Lipinski definition) is 8. The average Bonchev–Trinajstić information content (AvgIpc) is 3.32. The van der Waals surface area contributed by atoms with Crippen LogP contribution < -0.4 is 16.2 Å². The predicted molar refractivity (Wildman–Crippen MR) is 107 cm³/mol. The molecule has 2 N–H and O–H groups in total. The Morgan fingerprint density at radius 1 is 1.07 bits per heavy atom. The number of aromatic nitrogens is 5. The first-order valence-corrected chi connectivity index (χ1v) is 10.1. The van der Waals surface area contributed by atoms with E-state index in [9.17, 15) is 4.79 Å². The average molecular weight is 393 g/mol. The summed E-state index contributed by atoms with van der Waals surface area (Å²) in [4.78, 5) is 20.8. The molecule has 2 aliphatic rings. The molecule has 3 heterocycles. The van der Waals surface area contributed by atoms with Crippen LogP contribution in [0.3, 0.4) is 0 Å². The van der Waals surface area contributed by atoms with Gasteiger partial charge in [-0.15, -0.1) is 0 Å². The van der Waals surface area contributed by atoms with Crippen LogP contribution >= 0.6 is 0 Å². The highest BCUT2D eigenvalue weighted by Gasteiger charge is 2.28. The Morgan fingerprint density at radius 3 is 2.66 bits per heavy atom. The molecule has 3 aromatic heterocycles. The second kappa shape index (κ2) is 7.65. The summed E-state index contributed by atoms with van der Waals surface area (Å²) >= 11 is 0. The van der Waals surface area contributed by atoms with E-state index in [4.69, 9.17) is 4.52 Å². The standard InChI is InChI=1S/C20H23N7O2/c28-18-5-2-10-22-27(18)16-8-9-17(21-12-16)23-14-6-7-15(11-14)24-20-25-19(29-26-20)13-3-1-4-13/h2,5,8-10,12-15H,1,3-4,6-7,11H2,(H,21,23)(H,24,26)/t14-,15-/m0/s1. The first kappa shape index (κ1) is 17.8. The van der Waals surface area contributed by atoms with Crippen LogP contribution in [0.5, 0.6) is 0 Å². The topological polar surface area (TPSA) is 111 Å². The molecule has 3 aromatic rings. The van der Waals surface area contributed by atoms with Crippen molar-refractivity contribution >= 4 is 11.8 Å². The molecule has 2 saturated carbocycles. The second-order valence-electron chi connectivity index (χ2n) is 7.75. The maximum atomic E-state index is 11.9. The van der Waals surface area contributed by atoms with E-state index in [0.29, 0.717) is 29.6 Å². The third kappa shape index (κ3) is 3.85. The summed E-state index contributed by atoms with van der Waals surface area (Å²) in [5.74, 6) is 2.60. The second-order valence-corrected chi connectivity index (χ2v) is 7.75. The molecule has 2 fully saturated rings. The summed E-state index contributed by atoms with van der Waals surface area (Å²) in [5, 5.41) is 15.0. The number of nitrogens with one attached hydrogen (secondary N) is 2. The molecule has 0 saturated heterocycles. The van der Waals surface area contributed by atoms with Gasteiger partial charge in [-0.3, -0.25) is 4.79 Å². The van der Waals surface area contributed by atoms with Gasteiger partial charge in [0, 0.05) is 30.3 Å². The van der Waals surface area contributed by atoms with Crippen molar-refractivity contribution in [2.75, 3.05) is 10.6 Å². The Hall–Kier alpha value is -3.23. The van der Waals surface area contributed by atoms with E-state index in [0.717, 1.165) is 43.8 Å². The van der Waals surface area contributed by atoms with Crippen LogP contribution in [0.2, 0.25) is 0 Å². The van der Waals surface area contributed by atoms with Gasteiger partial charge < -0.3 is 15.2 Å². The zero-order chi connectivity index (χ0) is 19.6. The third-order valence-electron chi connectivity index (χ3n) is 5.72. The fourth-order valence-electron chi connectivity index (χ4n) is 3.90. The summed E-state index contributed by atoms with van der Waals surface area (Å²) in [6.45, 7) is 0. The lowest BCUT2D eigenvalue weighted by atomic mass is 9.85. The minimum atomic E-state index is -0.179. The van der Waals surface area contributed by atoms with Gasteiger partial charge >= 0.3 is 0 Å². The van der Waals surface area contributed by atoms with E-state index in [-0.39, 0.29) is 5.56 Å². The monoisotopic (exact) mass is 393 g/mol. The molecule has 0 aliphatic heterocycles. The van der Waals surface area contributed by atoms with Gasteiger partial charge in [0.25, 0.3) is 11.5 Å². The first-order chi connectivity index (χ1) is 14.2. The number of nitrogens with zero attached hydrogens (tertiary/aromatic N) is 5. The van der Waals surface area contributed by atoms with Crippen LogP contribution in [-0.2, 0) is 0 Å². The van der Waals surface area contributed by atoms with E-state index in [1.54, 1.807) is 18.5 Å². The Morgan fingerprint density at radius 2 is 1.93 bits per heavy atom. The van der Waals surface area contributed by atoms with E-state index in [1.807, 2.05) is 12.1 Å². The van der Waals surface area contributed by atoms with Crippen LogP contribution in [0.1, 0.15) is 50.3 Å². The largest absolute Gasteiger partial charge is 0.367 e. The zero-order valence-electron chi connectivity index (χ0n) is 16.0. The van der Waals surface area contributed by atoms with Crippen LogP contribution in [0.25, 0.3) is 5.69 Å². The molecule has 0 spiro atoms. The highest BCUT2D eigenvalue weighted by atomic mass is 16.5. The van der Waals surface area contributed by atoms with Gasteiger partial charge in [0.15, 0.2) is 0 Å². The van der Waals surface area contributed by atoms with Gasteiger partial charge in [0.1, 0.15) is 5.82 Å². The summed E-state index contributed by atoms with van der Waals surface area (Å²) in [6, 6.07) is 7.45. The molecule has 0 unspecified atom stereocenters. The molecule has 9 heteroatoms. The first-order valence-electron chi connectivity index (χ1n) is 10.1. The van der Waals surface area contributed by atoms with Crippen molar-refractivity contribution in [1.82, 2.24) is 24.9 Å². The summed E-state index contributed by atoms with van der Waals surface area (Å²) in [6.07, 6.45) is 9.81. The van der Waals surface area contributed by atoms with E-state index in [2.05, 4.69) is 30.9 Å². The zero-order valence-corrected chi connectivity index (χ0v) is 16.0. The minimum Gasteiger partial charge on any atom is -0.367 e. The molecule has 9 nitrogen and oxygen atoms in total. The lowest BCUT2D eigenvalue weighted by Crippen LogP contribution is -2.22. The Labute approximate surface area is 167 Å². The van der Waals surface area contributed by atoms with Crippen molar-refractivity contribution in [2.24, 2.45) is 0 Å². The van der Waals surface area contributed by atoms with Gasteiger partial charge in [-0.05, 0) is 55.5 Å². The fourth-order valence-corrected chi connectivity index (χ4v) is 3.90. The van der Waals surface area contributed by atoms with Crippen LogP contribution in [0, 0.1) is 0 Å². The molecule has 29 heavy (non-hydrogen) atoms. The van der Waals surface area contributed by atoms with Gasteiger partial charge in [-0.2, -0.15) is 14.8 Å². The molecule has 2 aliphatic carbocycles. The van der Waals surface area contributed by atoms with Crippen LogP contribution in [0.4, 0.5) is 11.8 Å². The Balaban J connectivity index is 1.16. The molecule has 0 aromatic carbocycles. The predicted octanol–water partition coefficient (Wildman–Crippen LogP) is 2.72.